The van der Waals surface area contributed by atoms with Crippen LogP contribution in [0.3, 0.4) is 0 Å². The summed E-state index contributed by atoms with van der Waals surface area (Å²) in [6.07, 6.45) is 0. The van der Waals surface area contributed by atoms with Crippen molar-refractivity contribution in [3.05, 3.63) is 11.1 Å². The van der Waals surface area contributed by atoms with E-state index in [-0.39, 0.29) is 0 Å². The highest BCUT2D eigenvalue weighted by molar-refractivity contribution is 6.28. The molecule has 0 rings (SSSR count). The predicted molar refractivity (Wildman–Crippen MR) is 21.1 cm³/mol. The largest absolute Gasteiger partial charge is 0.243 e. The van der Waals surface area contributed by atoms with Gasteiger partial charge < -0.3 is 0 Å². The van der Waals surface area contributed by atoms with Gasteiger partial charge in [0, 0.05) is 0 Å². The minimum Gasteiger partial charge on any atom is -0.243 e. The van der Waals surface area contributed by atoms with E-state index in [1.807, 2.05) is 0 Å². The van der Waals surface area contributed by atoms with Crippen LogP contribution < -0.4 is 0 Å². The van der Waals surface area contributed by atoms with E-state index in [1.165, 1.54) is 0 Å². The van der Waals surface area contributed by atoms with Gasteiger partial charge in [0.25, 0.3) is 0 Å². The first kappa shape index (κ1) is 6.82. The molecule has 0 heterocycles. The lowest BCUT2D eigenvalue weighted by Gasteiger charge is -1.80. The molecule has 0 aromatic heterocycles. The van der Waals surface area contributed by atoms with E-state index < -0.39 is 17.8 Å². The highest BCUT2D eigenvalue weighted by Gasteiger charge is 1.98. The van der Waals surface area contributed by atoms with Gasteiger partial charge in [-0.25, -0.2) is 8.78 Å². The Morgan fingerprint density at radius 1 is 1.43 bits per heavy atom. The number of hydrogen-bond donors (Lipinski definition) is 0. The van der Waals surface area contributed by atoms with Crippen molar-refractivity contribution >= 4 is 11.6 Å². The second kappa shape index (κ2) is 2.91. The van der Waals surface area contributed by atoms with Gasteiger partial charge in [-0.3, -0.25) is 0 Å². The summed E-state index contributed by atoms with van der Waals surface area (Å²) in [6, 6.07) is 0. The normalized spacial score (nSPS) is 13.7. The van der Waals surface area contributed by atoms with Crippen molar-refractivity contribution in [2.75, 3.05) is 6.67 Å². The van der Waals surface area contributed by atoms with Gasteiger partial charge >= 0.3 is 0 Å². The summed E-state index contributed by atoms with van der Waals surface area (Å²) in [6.45, 7) is -1.48. The van der Waals surface area contributed by atoms with Gasteiger partial charge in [0.05, 0.1) is 0 Å². The molecule has 4 heteroatoms. The molecule has 0 N–H and O–H groups in total. The van der Waals surface area contributed by atoms with Crippen molar-refractivity contribution in [2.45, 2.75) is 0 Å². The van der Waals surface area contributed by atoms with E-state index in [9.17, 15) is 13.2 Å². The Morgan fingerprint density at radius 2 is 1.86 bits per heavy atom. The lowest BCUT2D eigenvalue weighted by atomic mass is 10.7. The number of halogens is 4. The van der Waals surface area contributed by atoms with Crippen LogP contribution in [0.5, 0.6) is 0 Å². The highest BCUT2D eigenvalue weighted by atomic mass is 35.5. The first-order valence-electron chi connectivity index (χ1n) is 1.44. The van der Waals surface area contributed by atoms with Crippen molar-refractivity contribution in [1.82, 2.24) is 0 Å². The average Bonchev–Trinajstić information content (AvgIpc) is 1.65. The van der Waals surface area contributed by atoms with Crippen LogP contribution in [-0.4, -0.2) is 6.67 Å². The molecule has 0 aromatic rings. The molecule has 0 fully saturated rings. The molecule has 42 valence electrons. The summed E-state index contributed by atoms with van der Waals surface area (Å²) >= 11 is 4.33. The van der Waals surface area contributed by atoms with Crippen LogP contribution in [0.4, 0.5) is 13.2 Å². The van der Waals surface area contributed by atoms with Crippen LogP contribution in [-0.2, 0) is 0 Å². The Hall–Kier alpha value is -0.180. The quantitative estimate of drug-likeness (QED) is 0.511. The molecule has 0 unspecified atom stereocenters. The summed E-state index contributed by atoms with van der Waals surface area (Å²) in [4.78, 5) is 0. The van der Waals surface area contributed by atoms with E-state index in [2.05, 4.69) is 11.6 Å². The number of hydrogen-bond acceptors (Lipinski definition) is 0. The number of rotatable bonds is 1. The van der Waals surface area contributed by atoms with Crippen LogP contribution in [0.25, 0.3) is 0 Å². The van der Waals surface area contributed by atoms with Gasteiger partial charge in [0.1, 0.15) is 6.67 Å². The third-order valence-corrected chi connectivity index (χ3v) is 0.527. The molecule has 0 aliphatic carbocycles. The maximum absolute atomic E-state index is 11.3. The Bertz CT molecular complexity index is 84.2. The molecule has 0 nitrogen and oxygen atoms in total. The Labute approximate surface area is 43.6 Å². The summed E-state index contributed by atoms with van der Waals surface area (Å²) in [5.41, 5.74) is 0. The van der Waals surface area contributed by atoms with E-state index >= 15 is 0 Å². The lowest BCUT2D eigenvalue weighted by molar-refractivity contribution is 0.439. The van der Waals surface area contributed by atoms with Crippen LogP contribution in [0, 0.1) is 0 Å². The molecule has 0 bridgehead atoms. The maximum Gasteiger partial charge on any atom is 0.223 e. The van der Waals surface area contributed by atoms with Gasteiger partial charge in [0.2, 0.25) is 5.29 Å². The molecule has 0 saturated heterocycles. The highest BCUT2D eigenvalue weighted by Crippen LogP contribution is 2.11. The Kier molecular flexibility index (Phi) is 2.83. The van der Waals surface area contributed by atoms with Crippen molar-refractivity contribution < 1.29 is 13.2 Å². The van der Waals surface area contributed by atoms with Crippen LogP contribution >= 0.6 is 11.6 Å². The second-order valence-corrected chi connectivity index (χ2v) is 1.13. The molecule has 0 amide bonds. The minimum absolute atomic E-state index is 1.48. The first-order valence-corrected chi connectivity index (χ1v) is 1.82. The number of alkyl halides is 1. The second-order valence-electron chi connectivity index (χ2n) is 0.799. The fourth-order valence-corrected chi connectivity index (χ4v) is 0.101. The standard InChI is InChI=1S/C3H2ClF3/c4-3(7)2(6)1-5/h1H2. The predicted octanol–water partition coefficient (Wildman–Crippen LogP) is 2.30. The number of allylic oxidation sites excluding steroid dienone is 1. The molecular formula is C3H2ClF3. The first-order chi connectivity index (χ1) is 3.18. The van der Waals surface area contributed by atoms with Gasteiger partial charge in [-0.1, -0.05) is 0 Å². The zero-order valence-corrected chi connectivity index (χ0v) is 3.97. The van der Waals surface area contributed by atoms with E-state index in [1.54, 1.807) is 0 Å². The molecule has 0 atom stereocenters. The van der Waals surface area contributed by atoms with E-state index in [0.717, 1.165) is 0 Å². The topological polar surface area (TPSA) is 0 Å². The molecular weight excluding hydrogens is 128 g/mol. The summed E-state index contributed by atoms with van der Waals surface area (Å²) in [5.74, 6) is -1.55. The molecule has 0 spiro atoms. The smallest absolute Gasteiger partial charge is 0.223 e. The van der Waals surface area contributed by atoms with Gasteiger partial charge in [0.15, 0.2) is 5.83 Å². The average molecular weight is 130 g/mol. The minimum atomic E-state index is -1.61. The Balaban J connectivity index is 3.72. The SMILES string of the molecule is FCC(F)=C(F)Cl. The third-order valence-electron chi connectivity index (χ3n) is 0.322. The zero-order chi connectivity index (χ0) is 5.86. The molecule has 0 radical (unpaired) electrons. The molecule has 0 aliphatic rings. The molecule has 0 saturated carbocycles. The monoisotopic (exact) mass is 130 g/mol. The van der Waals surface area contributed by atoms with Crippen LogP contribution in [0.15, 0.2) is 11.1 Å². The van der Waals surface area contributed by atoms with Crippen LogP contribution in [0.1, 0.15) is 0 Å². The Morgan fingerprint density at radius 3 is 1.86 bits per heavy atom. The van der Waals surface area contributed by atoms with Crippen molar-refractivity contribution in [3.63, 3.8) is 0 Å². The van der Waals surface area contributed by atoms with E-state index in [4.69, 9.17) is 0 Å². The summed E-state index contributed by atoms with van der Waals surface area (Å²) in [5, 5.41) is -1.61. The van der Waals surface area contributed by atoms with Crippen molar-refractivity contribution in [2.24, 2.45) is 0 Å². The summed E-state index contributed by atoms with van der Waals surface area (Å²) < 4.78 is 33.3. The van der Waals surface area contributed by atoms with E-state index in [0.29, 0.717) is 0 Å². The summed E-state index contributed by atoms with van der Waals surface area (Å²) in [7, 11) is 0. The van der Waals surface area contributed by atoms with Crippen LogP contribution in [0.2, 0.25) is 0 Å². The van der Waals surface area contributed by atoms with Gasteiger partial charge in [-0.2, -0.15) is 4.39 Å². The lowest BCUT2D eigenvalue weighted by Crippen LogP contribution is -1.74. The molecule has 0 aromatic carbocycles. The zero-order valence-electron chi connectivity index (χ0n) is 3.22. The van der Waals surface area contributed by atoms with Crippen molar-refractivity contribution in [3.8, 4) is 0 Å². The van der Waals surface area contributed by atoms with Crippen molar-refractivity contribution in [1.29, 1.82) is 0 Å². The fourth-order valence-electron chi connectivity index (χ4n) is 0.0505. The third kappa shape index (κ3) is 2.51. The van der Waals surface area contributed by atoms with Gasteiger partial charge in [-0.05, 0) is 11.6 Å². The fraction of sp³-hybridized carbons (Fsp3) is 0.333. The van der Waals surface area contributed by atoms with Gasteiger partial charge in [-0.15, -0.1) is 0 Å². The molecule has 0 aliphatic heterocycles. The maximum atomic E-state index is 11.3. The molecule has 7 heavy (non-hydrogen) atoms.